The zero-order valence-electron chi connectivity index (χ0n) is 10.9. The van der Waals surface area contributed by atoms with Crippen molar-refractivity contribution in [1.82, 2.24) is 14.8 Å². The summed E-state index contributed by atoms with van der Waals surface area (Å²) in [5.41, 5.74) is 7.46. The standard InChI is InChI=1S/C11H15N5O2S/c1-7-4-5-9(12)10(8(7)2)19(17,18)15-11-13-6-14-16(11)3/h4-6H,12H2,1-3H3,(H,13,14,15). The fourth-order valence-electron chi connectivity index (χ4n) is 1.73. The van der Waals surface area contributed by atoms with E-state index < -0.39 is 10.0 Å². The molecule has 1 heterocycles. The molecule has 0 saturated heterocycles. The van der Waals surface area contributed by atoms with Crippen molar-refractivity contribution in [3.05, 3.63) is 29.6 Å². The Labute approximate surface area is 111 Å². The maximum atomic E-state index is 12.4. The lowest BCUT2D eigenvalue weighted by Gasteiger charge is -2.13. The second-order valence-corrected chi connectivity index (χ2v) is 5.86. The first-order valence-corrected chi connectivity index (χ1v) is 7.03. The highest BCUT2D eigenvalue weighted by Crippen LogP contribution is 2.26. The van der Waals surface area contributed by atoms with E-state index in [1.54, 1.807) is 26.1 Å². The van der Waals surface area contributed by atoms with Gasteiger partial charge < -0.3 is 5.73 Å². The lowest BCUT2D eigenvalue weighted by atomic mass is 10.1. The highest BCUT2D eigenvalue weighted by atomic mass is 32.2. The van der Waals surface area contributed by atoms with E-state index in [9.17, 15) is 8.42 Å². The number of nitrogens with zero attached hydrogens (tertiary/aromatic N) is 3. The summed E-state index contributed by atoms with van der Waals surface area (Å²) in [6.07, 6.45) is 1.27. The summed E-state index contributed by atoms with van der Waals surface area (Å²) < 4.78 is 28.5. The molecule has 8 heteroatoms. The highest BCUT2D eigenvalue weighted by Gasteiger charge is 2.22. The van der Waals surface area contributed by atoms with Gasteiger partial charge in [-0.1, -0.05) is 6.07 Å². The molecule has 0 aliphatic rings. The van der Waals surface area contributed by atoms with Gasteiger partial charge in [0.1, 0.15) is 11.2 Å². The molecule has 2 rings (SSSR count). The van der Waals surface area contributed by atoms with Crippen molar-refractivity contribution in [3.8, 4) is 0 Å². The molecular weight excluding hydrogens is 266 g/mol. The number of hydrogen-bond acceptors (Lipinski definition) is 5. The van der Waals surface area contributed by atoms with Crippen LogP contribution in [0.3, 0.4) is 0 Å². The molecule has 0 aliphatic heterocycles. The molecule has 0 fully saturated rings. The number of aryl methyl sites for hydroxylation is 2. The van der Waals surface area contributed by atoms with Gasteiger partial charge in [-0.25, -0.2) is 17.8 Å². The summed E-state index contributed by atoms with van der Waals surface area (Å²) in [6.45, 7) is 3.55. The zero-order chi connectivity index (χ0) is 14.2. The largest absolute Gasteiger partial charge is 0.398 e. The van der Waals surface area contributed by atoms with Crippen LogP contribution < -0.4 is 10.5 Å². The SMILES string of the molecule is Cc1ccc(N)c(S(=O)(=O)Nc2ncnn2C)c1C. The molecule has 0 spiro atoms. The Morgan fingerprint density at radius 3 is 2.58 bits per heavy atom. The van der Waals surface area contributed by atoms with Gasteiger partial charge in [0, 0.05) is 7.05 Å². The van der Waals surface area contributed by atoms with Crippen molar-refractivity contribution in [1.29, 1.82) is 0 Å². The molecule has 0 atom stereocenters. The lowest BCUT2D eigenvalue weighted by Crippen LogP contribution is -2.19. The van der Waals surface area contributed by atoms with E-state index in [0.717, 1.165) is 5.56 Å². The third kappa shape index (κ3) is 2.39. The number of aromatic nitrogens is 3. The molecule has 0 saturated carbocycles. The summed E-state index contributed by atoms with van der Waals surface area (Å²) >= 11 is 0. The number of nitrogen functional groups attached to an aromatic ring is 1. The molecule has 1 aromatic carbocycles. The van der Waals surface area contributed by atoms with Gasteiger partial charge in [-0.15, -0.1) is 0 Å². The predicted molar refractivity (Wildman–Crippen MR) is 72.1 cm³/mol. The Morgan fingerprint density at radius 2 is 2.00 bits per heavy atom. The number of nitrogens with two attached hydrogens (primary N) is 1. The Balaban J connectivity index is 2.52. The van der Waals surface area contributed by atoms with Crippen molar-refractivity contribution in [3.63, 3.8) is 0 Å². The van der Waals surface area contributed by atoms with Gasteiger partial charge in [-0.05, 0) is 31.0 Å². The number of benzene rings is 1. The van der Waals surface area contributed by atoms with E-state index >= 15 is 0 Å². The van der Waals surface area contributed by atoms with Gasteiger partial charge >= 0.3 is 0 Å². The first-order chi connectivity index (χ1) is 8.83. The maximum Gasteiger partial charge on any atom is 0.266 e. The van der Waals surface area contributed by atoms with Crippen LogP contribution in [0, 0.1) is 13.8 Å². The molecule has 0 amide bonds. The Hall–Kier alpha value is -2.09. The Kier molecular flexibility index (Phi) is 3.19. The number of rotatable bonds is 3. The minimum absolute atomic E-state index is 0.0792. The van der Waals surface area contributed by atoms with Crippen LogP contribution in [0.4, 0.5) is 11.6 Å². The van der Waals surface area contributed by atoms with Crippen LogP contribution in [-0.2, 0) is 17.1 Å². The number of sulfonamides is 1. The molecule has 0 bridgehead atoms. The number of nitrogens with one attached hydrogen (secondary N) is 1. The van der Waals surface area contributed by atoms with Gasteiger partial charge in [0.25, 0.3) is 10.0 Å². The van der Waals surface area contributed by atoms with Crippen LogP contribution in [0.25, 0.3) is 0 Å². The normalized spacial score (nSPS) is 11.5. The summed E-state index contributed by atoms with van der Waals surface area (Å²) in [4.78, 5) is 3.91. The van der Waals surface area contributed by atoms with Gasteiger partial charge in [0.05, 0.1) is 5.69 Å². The van der Waals surface area contributed by atoms with Crippen molar-refractivity contribution in [2.45, 2.75) is 18.7 Å². The van der Waals surface area contributed by atoms with Crippen molar-refractivity contribution >= 4 is 21.7 Å². The molecule has 3 N–H and O–H groups in total. The van der Waals surface area contributed by atoms with Crippen LogP contribution in [0.5, 0.6) is 0 Å². The molecule has 19 heavy (non-hydrogen) atoms. The summed E-state index contributed by atoms with van der Waals surface area (Å²) in [5.74, 6) is 0.139. The Bertz CT molecular complexity index is 721. The predicted octanol–water partition coefficient (Wildman–Crippen LogP) is 0.815. The van der Waals surface area contributed by atoms with Crippen LogP contribution >= 0.6 is 0 Å². The molecule has 102 valence electrons. The maximum absolute atomic E-state index is 12.4. The van der Waals surface area contributed by atoms with Crippen LogP contribution in [-0.4, -0.2) is 23.2 Å². The summed E-state index contributed by atoms with van der Waals surface area (Å²) in [6, 6.07) is 3.36. The monoisotopic (exact) mass is 281 g/mol. The van der Waals surface area contributed by atoms with E-state index in [-0.39, 0.29) is 16.5 Å². The van der Waals surface area contributed by atoms with E-state index in [2.05, 4.69) is 14.8 Å². The first kappa shape index (κ1) is 13.3. The highest BCUT2D eigenvalue weighted by molar-refractivity contribution is 7.93. The number of hydrogen-bond donors (Lipinski definition) is 2. The lowest BCUT2D eigenvalue weighted by molar-refractivity contribution is 0.599. The van der Waals surface area contributed by atoms with Crippen LogP contribution in [0.15, 0.2) is 23.4 Å². The van der Waals surface area contributed by atoms with E-state index in [1.807, 2.05) is 6.92 Å². The zero-order valence-corrected chi connectivity index (χ0v) is 11.7. The quantitative estimate of drug-likeness (QED) is 0.811. The van der Waals surface area contributed by atoms with Gasteiger partial charge in [-0.2, -0.15) is 10.1 Å². The second-order valence-electron chi connectivity index (χ2n) is 4.24. The van der Waals surface area contributed by atoms with Crippen LogP contribution in [0.2, 0.25) is 0 Å². The molecule has 1 aromatic heterocycles. The topological polar surface area (TPSA) is 103 Å². The van der Waals surface area contributed by atoms with E-state index in [4.69, 9.17) is 5.73 Å². The van der Waals surface area contributed by atoms with Gasteiger partial charge in [0.2, 0.25) is 5.95 Å². The summed E-state index contributed by atoms with van der Waals surface area (Å²) in [5, 5.41) is 3.80. The van der Waals surface area contributed by atoms with Gasteiger partial charge in [-0.3, -0.25) is 0 Å². The van der Waals surface area contributed by atoms with Crippen LogP contribution in [0.1, 0.15) is 11.1 Å². The third-order valence-electron chi connectivity index (χ3n) is 2.91. The van der Waals surface area contributed by atoms with Crippen molar-refractivity contribution in [2.24, 2.45) is 7.05 Å². The third-order valence-corrected chi connectivity index (χ3v) is 4.44. The minimum Gasteiger partial charge on any atom is -0.398 e. The number of anilines is 2. The van der Waals surface area contributed by atoms with Crippen molar-refractivity contribution < 1.29 is 8.42 Å². The van der Waals surface area contributed by atoms with Gasteiger partial charge in [0.15, 0.2) is 0 Å². The van der Waals surface area contributed by atoms with Crippen molar-refractivity contribution in [2.75, 3.05) is 10.5 Å². The molecule has 0 unspecified atom stereocenters. The Morgan fingerprint density at radius 1 is 1.32 bits per heavy atom. The average Bonchev–Trinajstić information content (AvgIpc) is 2.69. The molecular formula is C11H15N5O2S. The first-order valence-electron chi connectivity index (χ1n) is 5.55. The van der Waals surface area contributed by atoms with E-state index in [0.29, 0.717) is 5.56 Å². The fraction of sp³-hybridized carbons (Fsp3) is 0.273. The molecule has 7 nitrogen and oxygen atoms in total. The minimum atomic E-state index is -3.79. The molecule has 2 aromatic rings. The van der Waals surface area contributed by atoms with E-state index in [1.165, 1.54) is 11.0 Å². The fourth-order valence-corrected chi connectivity index (χ4v) is 3.20. The average molecular weight is 281 g/mol. The molecule has 0 radical (unpaired) electrons. The molecule has 0 aliphatic carbocycles. The summed E-state index contributed by atoms with van der Waals surface area (Å²) in [7, 11) is -2.19. The second kappa shape index (κ2) is 4.54. The smallest absolute Gasteiger partial charge is 0.266 e.